The first-order chi connectivity index (χ1) is 16.1. The molecule has 2 aliphatic heterocycles. The van der Waals surface area contributed by atoms with E-state index < -0.39 is 5.82 Å². The number of tetrazole rings is 1. The van der Waals surface area contributed by atoms with Gasteiger partial charge in [0.05, 0.1) is 30.7 Å². The van der Waals surface area contributed by atoms with Crippen molar-refractivity contribution >= 4 is 5.91 Å². The zero-order valence-corrected chi connectivity index (χ0v) is 17.6. The molecule has 2 aromatic heterocycles. The summed E-state index contributed by atoms with van der Waals surface area (Å²) in [5.74, 6) is -0.188. The minimum absolute atomic E-state index is 0.00717. The van der Waals surface area contributed by atoms with Crippen molar-refractivity contribution in [2.75, 3.05) is 32.8 Å². The Hall–Kier alpha value is -3.82. The number of hydrogen-bond acceptors (Lipinski definition) is 9. The molecule has 5 rings (SSSR count). The maximum absolute atomic E-state index is 13.6. The fraction of sp³-hybridized carbons (Fsp3) is 0.381. The van der Waals surface area contributed by atoms with Gasteiger partial charge in [-0.15, -0.1) is 5.10 Å². The van der Waals surface area contributed by atoms with Gasteiger partial charge in [-0.05, 0) is 33.7 Å². The van der Waals surface area contributed by atoms with E-state index in [1.165, 1.54) is 17.1 Å². The number of aromatic nitrogens is 6. The number of halogens is 1. The van der Waals surface area contributed by atoms with E-state index in [1.807, 2.05) is 11.0 Å². The molecule has 12 heteroatoms. The van der Waals surface area contributed by atoms with Crippen molar-refractivity contribution in [3.8, 4) is 12.0 Å². The van der Waals surface area contributed by atoms with Crippen molar-refractivity contribution in [1.29, 1.82) is 5.26 Å². The third-order valence-electron chi connectivity index (χ3n) is 5.93. The highest BCUT2D eigenvalue weighted by Gasteiger charge is 2.35. The lowest BCUT2D eigenvalue weighted by Gasteiger charge is -2.46. The monoisotopic (exact) mass is 449 g/mol. The van der Waals surface area contributed by atoms with Crippen LogP contribution in [0.15, 0.2) is 36.9 Å². The number of ether oxygens (including phenoxy) is 1. The maximum atomic E-state index is 13.6. The quantitative estimate of drug-likeness (QED) is 0.552. The molecule has 0 unspecified atom stereocenters. The van der Waals surface area contributed by atoms with Crippen LogP contribution in [0.5, 0.6) is 0 Å². The van der Waals surface area contributed by atoms with Crippen LogP contribution in [0.4, 0.5) is 4.39 Å². The SMILES string of the molecule is N#Cc1cc([C@@H]2CN3CCN(C(=O)Cc4cnc(-n5cnnn5)nc4)C[C@H]3CO2)ccc1F. The molecule has 2 aliphatic rings. The van der Waals surface area contributed by atoms with Gasteiger partial charge < -0.3 is 9.64 Å². The lowest BCUT2D eigenvalue weighted by molar-refractivity contribution is -0.139. The third-order valence-corrected chi connectivity index (χ3v) is 5.93. The summed E-state index contributed by atoms with van der Waals surface area (Å²) in [6.07, 6.45) is 4.58. The van der Waals surface area contributed by atoms with Gasteiger partial charge in [-0.25, -0.2) is 14.4 Å². The van der Waals surface area contributed by atoms with Gasteiger partial charge in [0, 0.05) is 38.6 Å². The number of carbonyl (C=O) groups is 1. The smallest absolute Gasteiger partial charge is 0.253 e. The molecule has 1 amide bonds. The first-order valence-electron chi connectivity index (χ1n) is 10.5. The second kappa shape index (κ2) is 8.97. The molecule has 3 aromatic rings. The molecular weight excluding hydrogens is 429 g/mol. The predicted octanol–water partition coefficient (Wildman–Crippen LogP) is 0.290. The molecule has 0 N–H and O–H groups in total. The molecule has 0 spiro atoms. The summed E-state index contributed by atoms with van der Waals surface area (Å²) in [5, 5.41) is 19.9. The van der Waals surface area contributed by atoms with Gasteiger partial charge in [-0.3, -0.25) is 9.69 Å². The van der Waals surface area contributed by atoms with E-state index >= 15 is 0 Å². The number of hydrogen-bond donors (Lipinski definition) is 0. The van der Waals surface area contributed by atoms with Crippen LogP contribution >= 0.6 is 0 Å². The number of benzene rings is 1. The number of nitriles is 1. The minimum atomic E-state index is -0.530. The van der Waals surface area contributed by atoms with Crippen molar-refractivity contribution in [3.63, 3.8) is 0 Å². The van der Waals surface area contributed by atoms with Crippen LogP contribution in [0.2, 0.25) is 0 Å². The maximum Gasteiger partial charge on any atom is 0.253 e. The topological polar surface area (TPSA) is 126 Å². The summed E-state index contributed by atoms with van der Waals surface area (Å²) in [6.45, 7) is 2.99. The minimum Gasteiger partial charge on any atom is -0.370 e. The first kappa shape index (κ1) is 21.0. The molecule has 0 radical (unpaired) electrons. The average molecular weight is 449 g/mol. The molecule has 2 saturated heterocycles. The number of carbonyl (C=O) groups excluding carboxylic acids is 1. The van der Waals surface area contributed by atoms with Crippen molar-refractivity contribution in [1.82, 2.24) is 40.0 Å². The zero-order chi connectivity index (χ0) is 22.8. The number of rotatable bonds is 4. The fourth-order valence-electron chi connectivity index (χ4n) is 4.14. The number of morpholine rings is 1. The highest BCUT2D eigenvalue weighted by Crippen LogP contribution is 2.28. The van der Waals surface area contributed by atoms with Crippen LogP contribution in [0, 0.1) is 17.1 Å². The number of amides is 1. The van der Waals surface area contributed by atoms with Gasteiger partial charge in [0.2, 0.25) is 5.91 Å². The number of piperazine rings is 1. The molecule has 0 saturated carbocycles. The summed E-state index contributed by atoms with van der Waals surface area (Å²) in [6, 6.07) is 6.48. The highest BCUT2D eigenvalue weighted by atomic mass is 19.1. The van der Waals surface area contributed by atoms with Crippen LogP contribution in [0.3, 0.4) is 0 Å². The van der Waals surface area contributed by atoms with Crippen LogP contribution in [0.25, 0.3) is 5.95 Å². The Bertz CT molecular complexity index is 1180. The Morgan fingerprint density at radius 3 is 2.85 bits per heavy atom. The van der Waals surface area contributed by atoms with E-state index in [9.17, 15) is 9.18 Å². The van der Waals surface area contributed by atoms with E-state index in [2.05, 4.69) is 30.4 Å². The Kier molecular flexibility index (Phi) is 5.72. The van der Waals surface area contributed by atoms with Crippen LogP contribution in [0.1, 0.15) is 22.8 Å². The zero-order valence-electron chi connectivity index (χ0n) is 17.6. The summed E-state index contributed by atoms with van der Waals surface area (Å²) < 4.78 is 21.0. The fourth-order valence-corrected chi connectivity index (χ4v) is 4.14. The van der Waals surface area contributed by atoms with Gasteiger partial charge >= 0.3 is 0 Å². The van der Waals surface area contributed by atoms with Crippen LogP contribution < -0.4 is 0 Å². The molecule has 1 aromatic carbocycles. The van der Waals surface area contributed by atoms with Gasteiger partial charge in [-0.2, -0.15) is 9.94 Å². The van der Waals surface area contributed by atoms with Gasteiger partial charge in [0.15, 0.2) is 0 Å². The normalized spacial score (nSPS) is 20.8. The van der Waals surface area contributed by atoms with Gasteiger partial charge in [-0.1, -0.05) is 6.07 Å². The van der Waals surface area contributed by atoms with E-state index in [0.717, 1.165) is 12.1 Å². The Labute approximate surface area is 188 Å². The van der Waals surface area contributed by atoms with E-state index in [0.29, 0.717) is 37.8 Å². The van der Waals surface area contributed by atoms with E-state index in [4.69, 9.17) is 10.00 Å². The van der Waals surface area contributed by atoms with Crippen molar-refractivity contribution in [2.24, 2.45) is 0 Å². The van der Waals surface area contributed by atoms with Crippen molar-refractivity contribution < 1.29 is 13.9 Å². The summed E-state index contributed by atoms with van der Waals surface area (Å²) >= 11 is 0. The molecule has 33 heavy (non-hydrogen) atoms. The molecule has 0 bridgehead atoms. The van der Waals surface area contributed by atoms with E-state index in [-0.39, 0.29) is 30.0 Å². The molecule has 168 valence electrons. The molecule has 0 aliphatic carbocycles. The average Bonchev–Trinajstić information content (AvgIpc) is 3.39. The summed E-state index contributed by atoms with van der Waals surface area (Å²) in [7, 11) is 0. The van der Waals surface area contributed by atoms with Gasteiger partial charge in [0.1, 0.15) is 18.2 Å². The Balaban J connectivity index is 1.17. The lowest BCUT2D eigenvalue weighted by atomic mass is 10.0. The third kappa shape index (κ3) is 4.41. The second-order valence-corrected chi connectivity index (χ2v) is 7.98. The first-order valence-corrected chi connectivity index (χ1v) is 10.5. The predicted molar refractivity (Wildman–Crippen MR) is 110 cm³/mol. The number of fused-ring (bicyclic) bond motifs is 1. The van der Waals surface area contributed by atoms with Crippen molar-refractivity contribution in [3.05, 3.63) is 59.4 Å². The molecule has 4 heterocycles. The highest BCUT2D eigenvalue weighted by molar-refractivity contribution is 5.78. The van der Waals surface area contributed by atoms with Crippen LogP contribution in [-0.4, -0.2) is 84.7 Å². The second-order valence-electron chi connectivity index (χ2n) is 7.98. The van der Waals surface area contributed by atoms with Gasteiger partial charge in [0.25, 0.3) is 5.95 Å². The summed E-state index contributed by atoms with van der Waals surface area (Å²) in [4.78, 5) is 25.4. The Morgan fingerprint density at radius 1 is 1.24 bits per heavy atom. The van der Waals surface area contributed by atoms with Crippen LogP contribution in [-0.2, 0) is 16.0 Å². The van der Waals surface area contributed by atoms with E-state index in [1.54, 1.807) is 24.5 Å². The summed E-state index contributed by atoms with van der Waals surface area (Å²) in [5.41, 5.74) is 1.52. The molecular formula is C21H20FN9O2. The lowest BCUT2D eigenvalue weighted by Crippen LogP contribution is -2.59. The van der Waals surface area contributed by atoms with Crippen molar-refractivity contribution in [2.45, 2.75) is 18.6 Å². The largest absolute Gasteiger partial charge is 0.370 e. The number of nitrogens with zero attached hydrogens (tertiary/aromatic N) is 9. The molecule has 2 fully saturated rings. The molecule has 2 atom stereocenters. The molecule has 11 nitrogen and oxygen atoms in total. The Morgan fingerprint density at radius 2 is 2.09 bits per heavy atom. The standard InChI is InChI=1S/C21H20FN9O2/c22-18-2-1-15(6-16(18)7-23)19-11-29-3-4-30(10-17(29)12-33-19)20(32)5-14-8-24-21(25-9-14)31-13-26-27-28-31/h1-2,6,8-9,13,17,19H,3-5,10-12H2/t17-,19-/m0/s1.